The van der Waals surface area contributed by atoms with Crippen molar-refractivity contribution in [1.29, 1.82) is 0 Å². The summed E-state index contributed by atoms with van der Waals surface area (Å²) in [6.45, 7) is 3.28. The van der Waals surface area contributed by atoms with Gasteiger partial charge in [0.1, 0.15) is 18.2 Å². The maximum atomic E-state index is 12.8. The van der Waals surface area contributed by atoms with Crippen molar-refractivity contribution in [2.75, 3.05) is 36.9 Å². The van der Waals surface area contributed by atoms with Crippen LogP contribution in [0.1, 0.15) is 48.7 Å². The van der Waals surface area contributed by atoms with Crippen molar-refractivity contribution in [3.8, 4) is 5.75 Å². The van der Waals surface area contributed by atoms with Crippen LogP contribution in [-0.4, -0.2) is 55.1 Å². The smallest absolute Gasteiger partial charge is 0.241 e. The normalized spacial score (nSPS) is 20.4. The number of ether oxygens (including phenoxy) is 1. The molecular weight excluding hydrogens is 488 g/mol. The Balaban J connectivity index is 1.44. The van der Waals surface area contributed by atoms with E-state index in [0.29, 0.717) is 23.7 Å². The Labute approximate surface area is 229 Å². The fourth-order valence-corrected chi connectivity index (χ4v) is 4.95. The zero-order chi connectivity index (χ0) is 32.6. The number of benzene rings is 2. The van der Waals surface area contributed by atoms with Crippen LogP contribution >= 0.6 is 0 Å². The van der Waals surface area contributed by atoms with Gasteiger partial charge in [0.2, 0.25) is 16.0 Å². The average molecular weight is 532 g/mol. The van der Waals surface area contributed by atoms with E-state index in [9.17, 15) is 8.42 Å². The Kier molecular flexibility index (Phi) is 5.86. The molecule has 10 heteroatoms. The van der Waals surface area contributed by atoms with Gasteiger partial charge in [-0.3, -0.25) is 4.90 Å². The largest absolute Gasteiger partial charge is 0.492 e. The van der Waals surface area contributed by atoms with E-state index in [-0.39, 0.29) is 41.9 Å². The molecule has 37 heavy (non-hydrogen) atoms. The van der Waals surface area contributed by atoms with Gasteiger partial charge in [0.15, 0.2) is 0 Å². The second-order valence-corrected chi connectivity index (χ2v) is 11.2. The van der Waals surface area contributed by atoms with Crippen LogP contribution in [0.2, 0.25) is 0 Å². The number of hydrogen-bond donors (Lipinski definition) is 3. The van der Waals surface area contributed by atoms with E-state index >= 15 is 0 Å². The van der Waals surface area contributed by atoms with Crippen molar-refractivity contribution < 1.29 is 22.7 Å². The summed E-state index contributed by atoms with van der Waals surface area (Å²) >= 11 is 0. The van der Waals surface area contributed by atoms with Gasteiger partial charge in [-0.05, 0) is 95.9 Å². The molecule has 3 N–H and O–H groups in total. The molecule has 0 amide bonds. The van der Waals surface area contributed by atoms with Crippen LogP contribution in [0.5, 0.6) is 5.75 Å². The lowest BCUT2D eigenvalue weighted by molar-refractivity contribution is 0.238. The predicted molar refractivity (Wildman–Crippen MR) is 147 cm³/mol. The van der Waals surface area contributed by atoms with Crippen LogP contribution in [0, 0.1) is 6.85 Å². The molecule has 0 radical (unpaired) electrons. The van der Waals surface area contributed by atoms with Gasteiger partial charge in [0, 0.05) is 44.8 Å². The Hall–Kier alpha value is -3.21. The van der Waals surface area contributed by atoms with Crippen molar-refractivity contribution in [3.63, 3.8) is 0 Å². The van der Waals surface area contributed by atoms with E-state index in [4.69, 9.17) is 14.3 Å². The highest BCUT2D eigenvalue weighted by Gasteiger charge is 2.22. The molecule has 2 aromatic carbocycles. The van der Waals surface area contributed by atoms with Crippen molar-refractivity contribution in [2.45, 2.75) is 50.8 Å². The third-order valence-electron chi connectivity index (χ3n) is 5.15. The summed E-state index contributed by atoms with van der Waals surface area (Å²) < 4.78 is 89.1. The third kappa shape index (κ3) is 7.88. The van der Waals surface area contributed by atoms with Gasteiger partial charge in [-0.15, -0.1) is 0 Å². The number of nitrogens with zero attached hydrogens (tertiary/aromatic N) is 3. The Bertz CT molecular complexity index is 1560. The molecule has 4 rings (SSSR count). The topological polar surface area (TPSA) is 108 Å². The first-order valence-electron chi connectivity index (χ1n) is 15.3. The number of likely N-dealkylation sites (tertiary alicyclic amines) is 1. The van der Waals surface area contributed by atoms with Gasteiger partial charge in [-0.2, -0.15) is 4.98 Å². The van der Waals surface area contributed by atoms with Gasteiger partial charge in [0.05, 0.1) is 4.90 Å². The Morgan fingerprint density at radius 1 is 1.08 bits per heavy atom. The summed E-state index contributed by atoms with van der Waals surface area (Å²) in [6.07, 6.45) is -2.63. The lowest BCUT2D eigenvalue weighted by Gasteiger charge is -2.20. The molecule has 9 nitrogen and oxygen atoms in total. The summed E-state index contributed by atoms with van der Waals surface area (Å²) in [7, 11) is -3.83. The first-order valence-corrected chi connectivity index (χ1v) is 13.2. The SMILES string of the molecule is [2H]C([2H])([2H])c1cnc(Nc2ccc(OCCN3CC([2H])([2H])C([2H])([2H])C3)cc2)nc1Nc1cccc(S(=O)(=O)NC(C)(C)C)c1. The van der Waals surface area contributed by atoms with Crippen LogP contribution in [0.15, 0.2) is 59.6 Å². The van der Waals surface area contributed by atoms with Gasteiger partial charge in [-0.1, -0.05) is 6.07 Å². The second-order valence-electron chi connectivity index (χ2n) is 9.53. The van der Waals surface area contributed by atoms with Gasteiger partial charge in [0.25, 0.3) is 0 Å². The summed E-state index contributed by atoms with van der Waals surface area (Å²) in [5.41, 5.74) is 0.0682. The van der Waals surface area contributed by atoms with Crippen molar-refractivity contribution in [3.05, 3.63) is 60.3 Å². The van der Waals surface area contributed by atoms with Crippen molar-refractivity contribution in [2.24, 2.45) is 0 Å². The van der Waals surface area contributed by atoms with Crippen LogP contribution in [-0.2, 0) is 10.0 Å². The zero-order valence-corrected chi connectivity index (χ0v) is 21.8. The highest BCUT2D eigenvalue weighted by Crippen LogP contribution is 2.24. The van der Waals surface area contributed by atoms with E-state index in [0.717, 1.165) is 0 Å². The standard InChI is InChI=1S/C27H36N6O3S/c1-20-19-28-26(30-21-10-12-23(13-11-21)36-17-16-33-14-5-6-15-33)31-25(20)29-22-8-7-9-24(18-22)37(34,35)32-27(2,3)4/h7-13,18-19,32H,5-6,14-17H2,1-4H3,(H2,28,29,30,31)/i1D3,5D2,6D2. The van der Waals surface area contributed by atoms with E-state index < -0.39 is 35.2 Å². The summed E-state index contributed by atoms with van der Waals surface area (Å²) in [6, 6.07) is 12.8. The number of anilines is 4. The first-order chi connectivity index (χ1) is 20.2. The fourth-order valence-electron chi connectivity index (χ4n) is 3.48. The molecule has 1 fully saturated rings. The number of aromatic nitrogens is 2. The number of sulfonamides is 1. The summed E-state index contributed by atoms with van der Waals surface area (Å²) in [5, 5.41) is 5.95. The van der Waals surface area contributed by atoms with Crippen LogP contribution < -0.4 is 20.1 Å². The van der Waals surface area contributed by atoms with Gasteiger partial charge >= 0.3 is 0 Å². The molecule has 1 aromatic heterocycles. The minimum absolute atomic E-state index is 0.00255. The predicted octanol–water partition coefficient (Wildman–Crippen LogP) is 4.82. The molecule has 1 aliphatic rings. The molecule has 1 aliphatic heterocycles. The molecule has 0 aliphatic carbocycles. The number of aryl methyl sites for hydroxylation is 1. The van der Waals surface area contributed by atoms with Crippen molar-refractivity contribution >= 4 is 33.2 Å². The molecule has 198 valence electrons. The molecule has 0 spiro atoms. The Morgan fingerprint density at radius 3 is 2.54 bits per heavy atom. The van der Waals surface area contributed by atoms with Crippen LogP contribution in [0.4, 0.5) is 23.1 Å². The van der Waals surface area contributed by atoms with Crippen LogP contribution in [0.3, 0.4) is 0 Å². The fraction of sp³-hybridized carbons (Fsp3) is 0.407. The summed E-state index contributed by atoms with van der Waals surface area (Å²) in [5.74, 6) is 0.638. The average Bonchev–Trinajstić information content (AvgIpc) is 3.09. The number of rotatable bonds is 10. The molecule has 3 aromatic rings. The molecule has 2 heterocycles. The van der Waals surface area contributed by atoms with E-state index in [1.54, 1.807) is 62.1 Å². The molecule has 0 atom stereocenters. The lowest BCUT2D eigenvalue weighted by Crippen LogP contribution is -2.40. The van der Waals surface area contributed by atoms with E-state index in [1.165, 1.54) is 18.3 Å². The molecule has 0 saturated carbocycles. The molecular formula is C27H36N6O3S. The monoisotopic (exact) mass is 531 g/mol. The van der Waals surface area contributed by atoms with E-state index in [2.05, 4.69) is 25.3 Å². The third-order valence-corrected chi connectivity index (χ3v) is 6.91. The first kappa shape index (κ1) is 18.9. The highest BCUT2D eigenvalue weighted by atomic mass is 32.2. The molecule has 0 bridgehead atoms. The maximum Gasteiger partial charge on any atom is 0.241 e. The maximum absolute atomic E-state index is 12.8. The van der Waals surface area contributed by atoms with Gasteiger partial charge in [-0.25, -0.2) is 18.1 Å². The van der Waals surface area contributed by atoms with E-state index in [1.807, 2.05) is 0 Å². The quantitative estimate of drug-likeness (QED) is 0.342. The van der Waals surface area contributed by atoms with Crippen molar-refractivity contribution in [1.82, 2.24) is 19.6 Å². The second kappa shape index (κ2) is 11.5. The number of hydrogen-bond acceptors (Lipinski definition) is 8. The summed E-state index contributed by atoms with van der Waals surface area (Å²) in [4.78, 5) is 10.2. The number of nitrogens with one attached hydrogen (secondary N) is 3. The molecule has 0 unspecified atom stereocenters. The minimum atomic E-state index is -3.83. The zero-order valence-electron chi connectivity index (χ0n) is 28.0. The Morgan fingerprint density at radius 2 is 1.84 bits per heavy atom. The molecule has 1 saturated heterocycles. The highest BCUT2D eigenvalue weighted by molar-refractivity contribution is 7.89. The van der Waals surface area contributed by atoms with Crippen LogP contribution in [0.25, 0.3) is 0 Å². The van der Waals surface area contributed by atoms with Gasteiger partial charge < -0.3 is 15.4 Å². The lowest BCUT2D eigenvalue weighted by atomic mass is 10.1. The minimum Gasteiger partial charge on any atom is -0.492 e.